The fourth-order valence-electron chi connectivity index (χ4n) is 2.09. The molecule has 2 N–H and O–H groups in total. The summed E-state index contributed by atoms with van der Waals surface area (Å²) in [7, 11) is -3.59. The van der Waals surface area contributed by atoms with E-state index in [1.54, 1.807) is 6.92 Å². The molecule has 0 saturated heterocycles. The van der Waals surface area contributed by atoms with E-state index in [-0.39, 0.29) is 17.2 Å². The van der Waals surface area contributed by atoms with Crippen molar-refractivity contribution < 1.29 is 17.2 Å². The molecule has 1 aromatic rings. The molecular weight excluding hydrogens is 286 g/mol. The number of rotatable bonds is 1. The van der Waals surface area contributed by atoms with E-state index >= 15 is 0 Å². The van der Waals surface area contributed by atoms with Crippen LogP contribution < -0.4 is 5.73 Å². The molecule has 20 heavy (non-hydrogen) atoms. The van der Waals surface area contributed by atoms with Gasteiger partial charge in [-0.05, 0) is 32.4 Å². The van der Waals surface area contributed by atoms with Crippen molar-refractivity contribution in [3.63, 3.8) is 0 Å². The summed E-state index contributed by atoms with van der Waals surface area (Å²) in [6.07, 6.45) is 0. The summed E-state index contributed by atoms with van der Waals surface area (Å²) < 4.78 is 50.4. The van der Waals surface area contributed by atoms with Crippen LogP contribution in [0.4, 0.5) is 8.78 Å². The highest BCUT2D eigenvalue weighted by atomic mass is 32.2. The fraction of sp³-hybridized carbons (Fsp3) is 0.462. The van der Waals surface area contributed by atoms with E-state index in [9.17, 15) is 17.2 Å². The fourth-order valence-corrected chi connectivity index (χ4v) is 3.55. The quantitative estimate of drug-likeness (QED) is 0.861. The number of hydrogen-bond donors (Lipinski definition) is 1. The minimum Gasteiger partial charge on any atom is -0.386 e. The molecule has 0 fully saturated rings. The normalized spacial score (nSPS) is 24.2. The van der Waals surface area contributed by atoms with Gasteiger partial charge >= 0.3 is 0 Å². The largest absolute Gasteiger partial charge is 0.386 e. The van der Waals surface area contributed by atoms with Crippen LogP contribution in [0.1, 0.15) is 31.0 Å². The number of amidine groups is 1. The van der Waals surface area contributed by atoms with Gasteiger partial charge in [0.2, 0.25) is 0 Å². The number of benzene rings is 1. The molecule has 0 amide bonds. The number of halogens is 2. The second kappa shape index (κ2) is 4.51. The molecule has 1 aliphatic heterocycles. The molecule has 0 aliphatic carbocycles. The summed E-state index contributed by atoms with van der Waals surface area (Å²) in [6, 6.07) is 1.43. The van der Waals surface area contributed by atoms with Crippen molar-refractivity contribution in [2.24, 2.45) is 10.7 Å². The zero-order chi connectivity index (χ0) is 15.3. The number of aliphatic imine (C=N–C) groups is 1. The van der Waals surface area contributed by atoms with E-state index in [1.165, 1.54) is 19.9 Å². The third-order valence-electron chi connectivity index (χ3n) is 3.63. The van der Waals surface area contributed by atoms with Gasteiger partial charge < -0.3 is 5.73 Å². The minimum absolute atomic E-state index is 0.0791. The first-order chi connectivity index (χ1) is 9.06. The number of nitrogens with two attached hydrogens (primary N) is 1. The maximum absolute atomic E-state index is 13.9. The Morgan fingerprint density at radius 3 is 2.50 bits per heavy atom. The molecule has 110 valence electrons. The average Bonchev–Trinajstić information content (AvgIpc) is 2.30. The molecule has 2 rings (SSSR count). The van der Waals surface area contributed by atoms with Crippen LogP contribution in [0.3, 0.4) is 0 Å². The van der Waals surface area contributed by atoms with Gasteiger partial charge in [0.15, 0.2) is 21.5 Å². The van der Waals surface area contributed by atoms with Gasteiger partial charge in [-0.1, -0.05) is 6.07 Å². The molecule has 0 bridgehead atoms. The van der Waals surface area contributed by atoms with Gasteiger partial charge in [0, 0.05) is 5.56 Å². The van der Waals surface area contributed by atoms with E-state index in [1.807, 2.05) is 0 Å². The SMILES string of the molecule is Cc1cc(F)c(F)c([C@@H]2CS(=O)(=O)C(C)(C)C(N)=N2)c1. The van der Waals surface area contributed by atoms with Crippen LogP contribution in [0.15, 0.2) is 17.1 Å². The Morgan fingerprint density at radius 2 is 1.95 bits per heavy atom. The Labute approximate surface area is 116 Å². The zero-order valence-corrected chi connectivity index (χ0v) is 12.3. The summed E-state index contributed by atoms with van der Waals surface area (Å²) in [5, 5.41) is 0. The monoisotopic (exact) mass is 302 g/mol. The molecule has 0 radical (unpaired) electrons. The van der Waals surface area contributed by atoms with Crippen molar-refractivity contribution >= 4 is 15.7 Å². The molecule has 7 heteroatoms. The van der Waals surface area contributed by atoms with Crippen molar-refractivity contribution in [2.45, 2.75) is 31.6 Å². The van der Waals surface area contributed by atoms with Crippen LogP contribution in [0.5, 0.6) is 0 Å². The summed E-state index contributed by atoms with van der Waals surface area (Å²) in [5.41, 5.74) is 6.11. The molecule has 0 saturated carbocycles. The molecular formula is C13H16F2N2O2S. The van der Waals surface area contributed by atoms with Crippen LogP contribution in [0.25, 0.3) is 0 Å². The average molecular weight is 302 g/mol. The summed E-state index contributed by atoms with van der Waals surface area (Å²) >= 11 is 0. The number of sulfone groups is 1. The van der Waals surface area contributed by atoms with Crippen LogP contribution in [0, 0.1) is 18.6 Å². The number of nitrogens with zero attached hydrogens (tertiary/aromatic N) is 1. The smallest absolute Gasteiger partial charge is 0.165 e. The molecule has 0 unspecified atom stereocenters. The molecule has 1 aromatic carbocycles. The first-order valence-corrected chi connectivity index (χ1v) is 7.73. The van der Waals surface area contributed by atoms with Gasteiger partial charge in [-0.3, -0.25) is 4.99 Å². The predicted octanol–water partition coefficient (Wildman–Crippen LogP) is 1.88. The maximum atomic E-state index is 13.9. The highest BCUT2D eigenvalue weighted by molar-refractivity contribution is 7.93. The highest BCUT2D eigenvalue weighted by Crippen LogP contribution is 2.33. The van der Waals surface area contributed by atoms with Gasteiger partial charge in [-0.15, -0.1) is 0 Å². The van der Waals surface area contributed by atoms with Crippen molar-refractivity contribution in [2.75, 3.05) is 5.75 Å². The van der Waals surface area contributed by atoms with Gasteiger partial charge in [-0.2, -0.15) is 0 Å². The Balaban J connectivity index is 2.60. The third-order valence-corrected chi connectivity index (χ3v) is 6.14. The van der Waals surface area contributed by atoms with Gasteiger partial charge in [0.25, 0.3) is 0 Å². The van der Waals surface area contributed by atoms with Crippen LogP contribution >= 0.6 is 0 Å². The number of aryl methyl sites for hydroxylation is 1. The van der Waals surface area contributed by atoms with Gasteiger partial charge in [-0.25, -0.2) is 17.2 Å². The van der Waals surface area contributed by atoms with E-state index in [0.717, 1.165) is 6.07 Å². The minimum atomic E-state index is -3.59. The topological polar surface area (TPSA) is 72.5 Å². The van der Waals surface area contributed by atoms with E-state index in [4.69, 9.17) is 5.73 Å². The van der Waals surface area contributed by atoms with Crippen LogP contribution in [-0.4, -0.2) is 24.8 Å². The lowest BCUT2D eigenvalue weighted by Crippen LogP contribution is -2.50. The zero-order valence-electron chi connectivity index (χ0n) is 11.4. The van der Waals surface area contributed by atoms with Crippen molar-refractivity contribution in [1.82, 2.24) is 0 Å². The van der Waals surface area contributed by atoms with E-state index in [2.05, 4.69) is 4.99 Å². The molecule has 1 heterocycles. The van der Waals surface area contributed by atoms with Crippen LogP contribution in [0.2, 0.25) is 0 Å². The lowest BCUT2D eigenvalue weighted by molar-refractivity contribution is 0.488. The summed E-state index contributed by atoms with van der Waals surface area (Å²) in [5.74, 6) is -2.57. The highest BCUT2D eigenvalue weighted by Gasteiger charge is 2.44. The molecule has 1 aliphatic rings. The standard InChI is InChI=1S/C13H16F2N2O2S/c1-7-4-8(11(15)9(14)5-7)10-6-20(18,19)13(2,3)12(16)17-10/h4-5,10H,6H2,1-3H3,(H2,16,17)/t10-/m0/s1. The van der Waals surface area contributed by atoms with Crippen molar-refractivity contribution in [3.05, 3.63) is 34.9 Å². The second-order valence-corrected chi connectivity index (χ2v) is 8.06. The van der Waals surface area contributed by atoms with E-state index < -0.39 is 32.3 Å². The van der Waals surface area contributed by atoms with E-state index in [0.29, 0.717) is 5.56 Å². The Kier molecular flexibility index (Phi) is 3.36. The molecule has 1 atom stereocenters. The number of hydrogen-bond acceptors (Lipinski definition) is 4. The lowest BCUT2D eigenvalue weighted by atomic mass is 10.0. The predicted molar refractivity (Wildman–Crippen MR) is 73.3 cm³/mol. The summed E-state index contributed by atoms with van der Waals surface area (Å²) in [4.78, 5) is 4.05. The maximum Gasteiger partial charge on any atom is 0.165 e. The third kappa shape index (κ3) is 2.19. The van der Waals surface area contributed by atoms with Gasteiger partial charge in [0.1, 0.15) is 10.6 Å². The first kappa shape index (κ1) is 14.9. The molecule has 0 aromatic heterocycles. The molecule has 0 spiro atoms. The van der Waals surface area contributed by atoms with Gasteiger partial charge in [0.05, 0.1) is 11.8 Å². The lowest BCUT2D eigenvalue weighted by Gasteiger charge is -2.31. The van der Waals surface area contributed by atoms with Crippen LogP contribution in [-0.2, 0) is 9.84 Å². The second-order valence-electron chi connectivity index (χ2n) is 5.47. The molecule has 4 nitrogen and oxygen atoms in total. The Hall–Kier alpha value is -1.50. The van der Waals surface area contributed by atoms with Crippen molar-refractivity contribution in [3.8, 4) is 0 Å². The summed E-state index contributed by atoms with van der Waals surface area (Å²) in [6.45, 7) is 4.50. The Bertz CT molecular complexity index is 697. The first-order valence-electron chi connectivity index (χ1n) is 6.08. The van der Waals surface area contributed by atoms with Crippen molar-refractivity contribution in [1.29, 1.82) is 0 Å². The Morgan fingerprint density at radius 1 is 1.35 bits per heavy atom.